The predicted octanol–water partition coefficient (Wildman–Crippen LogP) is 10.3. The second-order valence-corrected chi connectivity index (χ2v) is 8.82. The van der Waals surface area contributed by atoms with Crippen molar-refractivity contribution in [3.8, 4) is 0 Å². The van der Waals surface area contributed by atoms with Gasteiger partial charge in [-0.2, -0.15) is 0 Å². The van der Waals surface area contributed by atoms with E-state index in [1.807, 2.05) is 0 Å². The van der Waals surface area contributed by atoms with Gasteiger partial charge in [-0.15, -0.1) is 5.73 Å². The normalized spacial score (nSPS) is 12.2. The largest absolute Gasteiger partial charge is 0.125 e. The Labute approximate surface area is 179 Å². The quantitative estimate of drug-likeness (QED) is 0.104. The fourth-order valence-electron chi connectivity index (χ4n) is 3.75. The lowest BCUT2D eigenvalue weighted by Crippen LogP contribution is -1.95. The van der Waals surface area contributed by atoms with Crippen LogP contribution in [0.2, 0.25) is 0 Å². The van der Waals surface area contributed by atoms with Gasteiger partial charge >= 0.3 is 0 Å². The predicted molar refractivity (Wildman–Crippen MR) is 130 cm³/mol. The maximum Gasteiger partial charge on any atom is -0.0206 e. The van der Waals surface area contributed by atoms with Crippen LogP contribution in [0.3, 0.4) is 0 Å². The Bertz CT molecular complexity index is 369. The number of hydrogen-bond acceptors (Lipinski definition) is 0. The molecule has 164 valence electrons. The lowest BCUT2D eigenvalue weighted by molar-refractivity contribution is 0.432. The number of unbranched alkanes of at least 4 members (excludes halogenated alkanes) is 14. The van der Waals surface area contributed by atoms with Crippen LogP contribution in [-0.4, -0.2) is 0 Å². The van der Waals surface area contributed by atoms with Crippen molar-refractivity contribution in [1.82, 2.24) is 0 Å². The third-order valence-electron chi connectivity index (χ3n) is 5.77. The SMILES string of the molecule is CCCCCC=CC=C=CCCCCCCC(C)CCCCCCCCCC. The zero-order valence-electron chi connectivity index (χ0n) is 19.8. The van der Waals surface area contributed by atoms with E-state index in [2.05, 4.69) is 50.8 Å². The number of allylic oxidation sites excluding steroid dienone is 3. The molecule has 0 rings (SSSR count). The summed E-state index contributed by atoms with van der Waals surface area (Å²) >= 11 is 0. The summed E-state index contributed by atoms with van der Waals surface area (Å²) in [6, 6.07) is 0. The molecule has 0 nitrogen and oxygen atoms in total. The van der Waals surface area contributed by atoms with Gasteiger partial charge in [0.2, 0.25) is 0 Å². The molecule has 0 saturated carbocycles. The summed E-state index contributed by atoms with van der Waals surface area (Å²) in [5, 5.41) is 0. The van der Waals surface area contributed by atoms with Crippen LogP contribution in [0.4, 0.5) is 0 Å². The molecular formula is C28H52. The molecule has 0 spiro atoms. The van der Waals surface area contributed by atoms with Gasteiger partial charge in [-0.1, -0.05) is 129 Å². The van der Waals surface area contributed by atoms with Gasteiger partial charge in [-0.05, 0) is 43.8 Å². The molecule has 0 aromatic rings. The third-order valence-corrected chi connectivity index (χ3v) is 5.77. The van der Waals surface area contributed by atoms with E-state index in [4.69, 9.17) is 0 Å². The minimum Gasteiger partial charge on any atom is -0.125 e. The van der Waals surface area contributed by atoms with Crippen molar-refractivity contribution < 1.29 is 0 Å². The highest BCUT2D eigenvalue weighted by Gasteiger charge is 2.02. The van der Waals surface area contributed by atoms with Crippen molar-refractivity contribution in [2.24, 2.45) is 5.92 Å². The average molecular weight is 389 g/mol. The maximum atomic E-state index is 3.30. The first-order valence-corrected chi connectivity index (χ1v) is 12.9. The van der Waals surface area contributed by atoms with Crippen molar-refractivity contribution in [2.45, 2.75) is 143 Å². The molecule has 0 fully saturated rings. The Morgan fingerprint density at radius 3 is 1.75 bits per heavy atom. The van der Waals surface area contributed by atoms with Gasteiger partial charge in [0.15, 0.2) is 0 Å². The summed E-state index contributed by atoms with van der Waals surface area (Å²) < 4.78 is 0. The van der Waals surface area contributed by atoms with Crippen LogP contribution in [0.25, 0.3) is 0 Å². The maximum absolute atomic E-state index is 3.30. The topological polar surface area (TPSA) is 0 Å². The molecule has 0 aliphatic heterocycles. The highest BCUT2D eigenvalue weighted by Crippen LogP contribution is 2.18. The van der Waals surface area contributed by atoms with E-state index in [0.29, 0.717) is 0 Å². The van der Waals surface area contributed by atoms with Crippen LogP contribution in [0.1, 0.15) is 143 Å². The summed E-state index contributed by atoms with van der Waals surface area (Å²) in [5.41, 5.74) is 3.30. The minimum absolute atomic E-state index is 0.937. The smallest absolute Gasteiger partial charge is 0.0206 e. The minimum atomic E-state index is 0.937. The van der Waals surface area contributed by atoms with Gasteiger partial charge in [0.1, 0.15) is 0 Å². The number of hydrogen-bond donors (Lipinski definition) is 0. The Balaban J connectivity index is 3.33. The van der Waals surface area contributed by atoms with E-state index in [-0.39, 0.29) is 0 Å². The highest BCUT2D eigenvalue weighted by atomic mass is 14.1. The Morgan fingerprint density at radius 2 is 1.11 bits per heavy atom. The number of rotatable bonds is 21. The van der Waals surface area contributed by atoms with Gasteiger partial charge in [-0.25, -0.2) is 0 Å². The highest BCUT2D eigenvalue weighted by molar-refractivity contribution is 5.02. The Kier molecular flexibility index (Phi) is 23.7. The first-order valence-electron chi connectivity index (χ1n) is 12.9. The fourth-order valence-corrected chi connectivity index (χ4v) is 3.75. The molecule has 1 atom stereocenters. The molecule has 0 radical (unpaired) electrons. The standard InChI is InChI=1S/C28H52/c1-4-6-8-10-12-14-15-16-17-18-19-21-23-25-27-28(3)26-24-22-20-13-11-9-7-5-2/h12,14-15,17,28H,4-11,13,18-27H2,1-3H3. The molecule has 0 aromatic heterocycles. The summed E-state index contributed by atoms with van der Waals surface area (Å²) in [6.07, 6.45) is 35.1. The summed E-state index contributed by atoms with van der Waals surface area (Å²) in [4.78, 5) is 0. The molecule has 0 saturated heterocycles. The van der Waals surface area contributed by atoms with Crippen LogP contribution in [0.15, 0.2) is 30.0 Å². The first kappa shape index (κ1) is 27.3. The zero-order valence-corrected chi connectivity index (χ0v) is 19.8. The van der Waals surface area contributed by atoms with Crippen molar-refractivity contribution in [3.05, 3.63) is 30.0 Å². The molecule has 0 aliphatic carbocycles. The second kappa shape index (κ2) is 24.3. The molecular weight excluding hydrogens is 336 g/mol. The molecule has 0 aliphatic rings. The van der Waals surface area contributed by atoms with E-state index in [0.717, 1.165) is 5.92 Å². The molecule has 0 heteroatoms. The molecule has 0 amide bonds. The van der Waals surface area contributed by atoms with Crippen molar-refractivity contribution in [2.75, 3.05) is 0 Å². The van der Waals surface area contributed by atoms with E-state index >= 15 is 0 Å². The molecule has 0 aromatic carbocycles. The van der Waals surface area contributed by atoms with Crippen molar-refractivity contribution in [3.63, 3.8) is 0 Å². The molecule has 0 heterocycles. The van der Waals surface area contributed by atoms with Crippen LogP contribution in [0, 0.1) is 5.92 Å². The molecule has 0 bridgehead atoms. The summed E-state index contributed by atoms with van der Waals surface area (Å²) in [7, 11) is 0. The van der Waals surface area contributed by atoms with Crippen LogP contribution < -0.4 is 0 Å². The van der Waals surface area contributed by atoms with Gasteiger partial charge in [-0.3, -0.25) is 0 Å². The molecule has 1 unspecified atom stereocenters. The van der Waals surface area contributed by atoms with Crippen LogP contribution in [0.5, 0.6) is 0 Å². The van der Waals surface area contributed by atoms with E-state index < -0.39 is 0 Å². The van der Waals surface area contributed by atoms with Gasteiger partial charge in [0.25, 0.3) is 0 Å². The van der Waals surface area contributed by atoms with Crippen molar-refractivity contribution in [1.29, 1.82) is 0 Å². The Morgan fingerprint density at radius 1 is 0.607 bits per heavy atom. The lowest BCUT2D eigenvalue weighted by atomic mass is 9.96. The van der Waals surface area contributed by atoms with Gasteiger partial charge in [0, 0.05) is 0 Å². The van der Waals surface area contributed by atoms with E-state index in [1.165, 1.54) is 122 Å². The third kappa shape index (κ3) is 23.3. The van der Waals surface area contributed by atoms with E-state index in [1.54, 1.807) is 0 Å². The molecule has 28 heavy (non-hydrogen) atoms. The van der Waals surface area contributed by atoms with Gasteiger partial charge < -0.3 is 0 Å². The molecule has 0 N–H and O–H groups in total. The van der Waals surface area contributed by atoms with Crippen LogP contribution in [-0.2, 0) is 0 Å². The van der Waals surface area contributed by atoms with Gasteiger partial charge in [0.05, 0.1) is 0 Å². The van der Waals surface area contributed by atoms with Crippen LogP contribution >= 0.6 is 0 Å². The fraction of sp³-hybridized carbons (Fsp3) is 0.821. The second-order valence-electron chi connectivity index (χ2n) is 8.82. The first-order chi connectivity index (χ1) is 13.8. The lowest BCUT2D eigenvalue weighted by Gasteiger charge is -2.11. The Hall–Kier alpha value is -0.740. The van der Waals surface area contributed by atoms with E-state index in [9.17, 15) is 0 Å². The zero-order chi connectivity index (χ0) is 20.5. The summed E-state index contributed by atoms with van der Waals surface area (Å²) in [5.74, 6) is 0.937. The average Bonchev–Trinajstić information content (AvgIpc) is 2.70. The van der Waals surface area contributed by atoms with Crippen molar-refractivity contribution >= 4 is 0 Å². The monoisotopic (exact) mass is 388 g/mol. The summed E-state index contributed by atoms with van der Waals surface area (Å²) in [6.45, 7) is 7.02.